The fraction of sp³-hybridized carbons (Fsp3) is 0.769. The molecule has 0 aromatic carbocycles. The molecule has 2 aliphatic heterocycles. The van der Waals surface area contributed by atoms with Crippen LogP contribution in [-0.4, -0.2) is 83.5 Å². The standard InChI is InChI=1S/C26H44BN5O5/c1-17(2)20(30-23(34)35-24(3,4)5)21(33)32-12-11-18(16-32)15-31(10)22-28-13-19(14-29-22)27-36-25(6,7)26(8,9)37-27/h13-14,17-18,20H,11-12,15-16H2,1-10H3,(H,30,34)/t18-,20-/m0/s1. The van der Waals surface area contributed by atoms with Gasteiger partial charge in [-0.1, -0.05) is 13.8 Å². The SMILES string of the molecule is CC(C)[C@H](NC(=O)OC(C)(C)C)C(=O)N1CC[C@@H](CN(C)c2ncc(B3OC(C)(C)C(C)(C)O3)cn2)C1. The molecule has 0 spiro atoms. The molecule has 2 atom stereocenters. The zero-order valence-corrected chi connectivity index (χ0v) is 24.1. The average molecular weight is 517 g/mol. The number of aromatic nitrogens is 2. The number of alkyl carbamates (subject to hydrolysis) is 1. The number of hydrogen-bond acceptors (Lipinski definition) is 8. The fourth-order valence-electron chi connectivity index (χ4n) is 4.42. The van der Waals surface area contributed by atoms with E-state index in [0.717, 1.165) is 11.9 Å². The summed E-state index contributed by atoms with van der Waals surface area (Å²) in [5, 5.41) is 2.77. The number of anilines is 1. The molecule has 0 aliphatic carbocycles. The first-order valence-electron chi connectivity index (χ1n) is 13.2. The Morgan fingerprint density at radius 1 is 1.19 bits per heavy atom. The van der Waals surface area contributed by atoms with Crippen molar-refractivity contribution in [1.29, 1.82) is 0 Å². The van der Waals surface area contributed by atoms with Gasteiger partial charge >= 0.3 is 13.2 Å². The predicted octanol–water partition coefficient (Wildman–Crippen LogP) is 2.61. The average Bonchev–Trinajstić information content (AvgIpc) is 3.31. The molecular weight excluding hydrogens is 473 g/mol. The normalized spacial score (nSPS) is 21.8. The highest BCUT2D eigenvalue weighted by atomic mass is 16.7. The van der Waals surface area contributed by atoms with Gasteiger partial charge in [0.1, 0.15) is 11.6 Å². The first kappa shape index (κ1) is 29.2. The van der Waals surface area contributed by atoms with Crippen LogP contribution in [0.25, 0.3) is 0 Å². The third-order valence-corrected chi connectivity index (χ3v) is 7.26. The highest BCUT2D eigenvalue weighted by Crippen LogP contribution is 2.36. The Balaban J connectivity index is 1.55. The first-order valence-corrected chi connectivity index (χ1v) is 13.2. The van der Waals surface area contributed by atoms with E-state index >= 15 is 0 Å². The van der Waals surface area contributed by atoms with Gasteiger partial charge in [0, 0.05) is 44.5 Å². The molecule has 11 heteroatoms. The zero-order valence-electron chi connectivity index (χ0n) is 24.1. The van der Waals surface area contributed by atoms with Gasteiger partial charge in [-0.2, -0.15) is 0 Å². The highest BCUT2D eigenvalue weighted by molar-refractivity contribution is 6.61. The molecule has 10 nitrogen and oxygen atoms in total. The summed E-state index contributed by atoms with van der Waals surface area (Å²) in [5.41, 5.74) is -0.681. The highest BCUT2D eigenvalue weighted by Gasteiger charge is 2.52. The van der Waals surface area contributed by atoms with E-state index < -0.39 is 36.1 Å². The molecule has 3 rings (SSSR count). The van der Waals surface area contributed by atoms with E-state index in [1.165, 1.54) is 0 Å². The largest absolute Gasteiger partial charge is 0.498 e. The second-order valence-corrected chi connectivity index (χ2v) is 12.6. The lowest BCUT2D eigenvalue weighted by Crippen LogP contribution is -2.51. The molecule has 0 radical (unpaired) electrons. The van der Waals surface area contributed by atoms with E-state index in [1.807, 2.05) is 58.4 Å². The van der Waals surface area contributed by atoms with Crippen molar-refractivity contribution in [3.63, 3.8) is 0 Å². The number of rotatable bonds is 7. The Morgan fingerprint density at radius 2 is 1.76 bits per heavy atom. The van der Waals surface area contributed by atoms with Crippen LogP contribution in [0.4, 0.5) is 10.7 Å². The molecule has 2 saturated heterocycles. The van der Waals surface area contributed by atoms with Gasteiger partial charge in [-0.3, -0.25) is 4.79 Å². The molecule has 1 N–H and O–H groups in total. The Hall–Kier alpha value is -2.40. The number of ether oxygens (including phenoxy) is 1. The number of carbonyl (C=O) groups excluding carboxylic acids is 2. The lowest BCUT2D eigenvalue weighted by Gasteiger charge is -2.32. The number of hydrogen-bond donors (Lipinski definition) is 1. The van der Waals surface area contributed by atoms with Gasteiger partial charge in [-0.25, -0.2) is 14.8 Å². The van der Waals surface area contributed by atoms with Gasteiger partial charge < -0.3 is 29.2 Å². The Kier molecular flexibility index (Phi) is 8.49. The van der Waals surface area contributed by atoms with Crippen LogP contribution < -0.4 is 15.7 Å². The second kappa shape index (κ2) is 10.8. The summed E-state index contributed by atoms with van der Waals surface area (Å²) >= 11 is 0. The maximum absolute atomic E-state index is 13.2. The molecule has 0 bridgehead atoms. The smallest absolute Gasteiger partial charge is 0.444 e. The number of carbonyl (C=O) groups is 2. The molecule has 2 aliphatic rings. The Labute approximate surface area is 222 Å². The summed E-state index contributed by atoms with van der Waals surface area (Å²) in [7, 11) is 1.46. The molecule has 0 unspecified atom stereocenters. The van der Waals surface area contributed by atoms with Gasteiger partial charge in [0.2, 0.25) is 11.9 Å². The summed E-state index contributed by atoms with van der Waals surface area (Å²) < 4.78 is 17.5. The summed E-state index contributed by atoms with van der Waals surface area (Å²) in [5.74, 6) is 0.748. The van der Waals surface area contributed by atoms with E-state index in [0.29, 0.717) is 25.6 Å². The number of likely N-dealkylation sites (tertiary alicyclic amines) is 1. The van der Waals surface area contributed by atoms with E-state index in [2.05, 4.69) is 15.3 Å². The molecule has 2 amide bonds. The van der Waals surface area contributed by atoms with Crippen LogP contribution in [0.5, 0.6) is 0 Å². The fourth-order valence-corrected chi connectivity index (χ4v) is 4.42. The lowest BCUT2D eigenvalue weighted by molar-refractivity contribution is -0.133. The molecule has 1 aromatic heterocycles. The van der Waals surface area contributed by atoms with Crippen molar-refractivity contribution in [1.82, 2.24) is 20.2 Å². The van der Waals surface area contributed by atoms with Crippen molar-refractivity contribution in [3.05, 3.63) is 12.4 Å². The van der Waals surface area contributed by atoms with Crippen LogP contribution in [0.15, 0.2) is 12.4 Å². The van der Waals surface area contributed by atoms with Crippen molar-refractivity contribution in [2.24, 2.45) is 11.8 Å². The molecule has 206 valence electrons. The van der Waals surface area contributed by atoms with Crippen molar-refractivity contribution in [2.45, 2.75) is 91.6 Å². The quantitative estimate of drug-likeness (QED) is 0.551. The van der Waals surface area contributed by atoms with Gasteiger partial charge in [-0.15, -0.1) is 0 Å². The van der Waals surface area contributed by atoms with Gasteiger partial charge in [-0.05, 0) is 66.7 Å². The molecule has 37 heavy (non-hydrogen) atoms. The summed E-state index contributed by atoms with van der Waals surface area (Å²) in [4.78, 5) is 38.5. The number of nitrogens with one attached hydrogen (secondary N) is 1. The summed E-state index contributed by atoms with van der Waals surface area (Å²) in [6.07, 6.45) is 3.80. The maximum Gasteiger partial charge on any atom is 0.498 e. The van der Waals surface area contributed by atoms with Crippen LogP contribution in [0.2, 0.25) is 0 Å². The second-order valence-electron chi connectivity index (χ2n) is 12.6. The third-order valence-electron chi connectivity index (χ3n) is 7.26. The van der Waals surface area contributed by atoms with Crippen molar-refractivity contribution >= 4 is 30.5 Å². The van der Waals surface area contributed by atoms with Crippen molar-refractivity contribution in [3.8, 4) is 0 Å². The van der Waals surface area contributed by atoms with Crippen LogP contribution in [-0.2, 0) is 18.8 Å². The van der Waals surface area contributed by atoms with Gasteiger partial charge in [0.15, 0.2) is 0 Å². The van der Waals surface area contributed by atoms with Crippen molar-refractivity contribution in [2.75, 3.05) is 31.6 Å². The van der Waals surface area contributed by atoms with E-state index in [4.69, 9.17) is 14.0 Å². The predicted molar refractivity (Wildman–Crippen MR) is 144 cm³/mol. The summed E-state index contributed by atoms with van der Waals surface area (Å²) in [6.45, 7) is 19.3. The van der Waals surface area contributed by atoms with Crippen LogP contribution in [0.3, 0.4) is 0 Å². The van der Waals surface area contributed by atoms with Crippen LogP contribution in [0.1, 0.15) is 68.7 Å². The van der Waals surface area contributed by atoms with E-state index in [-0.39, 0.29) is 17.7 Å². The Bertz CT molecular complexity index is 947. The third kappa shape index (κ3) is 7.13. The first-order chi connectivity index (χ1) is 17.0. The Morgan fingerprint density at radius 3 is 2.27 bits per heavy atom. The van der Waals surface area contributed by atoms with E-state index in [9.17, 15) is 9.59 Å². The van der Waals surface area contributed by atoms with Crippen molar-refractivity contribution < 1.29 is 23.6 Å². The summed E-state index contributed by atoms with van der Waals surface area (Å²) in [6, 6.07) is -0.628. The molecule has 2 fully saturated rings. The number of nitrogens with zero attached hydrogens (tertiary/aromatic N) is 4. The number of amides is 2. The van der Waals surface area contributed by atoms with Gasteiger partial charge in [0.05, 0.1) is 11.2 Å². The maximum atomic E-state index is 13.2. The minimum absolute atomic E-state index is 0.0577. The van der Waals surface area contributed by atoms with E-state index in [1.54, 1.807) is 33.2 Å². The minimum atomic E-state index is -0.628. The van der Waals surface area contributed by atoms with Gasteiger partial charge in [0.25, 0.3) is 0 Å². The topological polar surface area (TPSA) is 106 Å². The monoisotopic (exact) mass is 517 g/mol. The molecular formula is C26H44BN5O5. The lowest BCUT2D eigenvalue weighted by atomic mass is 9.81. The minimum Gasteiger partial charge on any atom is -0.444 e. The van der Waals surface area contributed by atoms with Crippen LogP contribution in [0, 0.1) is 11.8 Å². The zero-order chi connectivity index (χ0) is 27.8. The molecule has 1 aromatic rings. The molecule has 3 heterocycles. The molecule has 0 saturated carbocycles. The van der Waals surface area contributed by atoms with Crippen LogP contribution >= 0.6 is 0 Å².